The van der Waals surface area contributed by atoms with Gasteiger partial charge in [-0.05, 0) is 49.2 Å². The number of halogens is 2. The molecular weight excluding hydrogens is 457 g/mol. The highest BCUT2D eigenvalue weighted by Crippen LogP contribution is 2.43. The number of carbonyl (C=O) groups is 1. The summed E-state index contributed by atoms with van der Waals surface area (Å²) in [7, 11) is 1.67. The largest absolute Gasteiger partial charge is 0.496 e. The molecule has 0 amide bonds. The van der Waals surface area contributed by atoms with E-state index in [4.69, 9.17) is 25.8 Å². The van der Waals surface area contributed by atoms with E-state index < -0.39 is 5.82 Å². The van der Waals surface area contributed by atoms with E-state index in [-0.39, 0.29) is 22.1 Å². The van der Waals surface area contributed by atoms with Gasteiger partial charge in [0, 0.05) is 29.8 Å². The maximum absolute atomic E-state index is 14.2. The third kappa shape index (κ3) is 4.04. The second kappa shape index (κ2) is 9.12. The number of hydrogen-bond acceptors (Lipinski definition) is 5. The molecule has 2 heterocycles. The van der Waals surface area contributed by atoms with Crippen molar-refractivity contribution in [1.82, 2.24) is 4.90 Å². The van der Waals surface area contributed by atoms with Gasteiger partial charge in [0.2, 0.25) is 5.78 Å². The molecule has 0 fully saturated rings. The minimum atomic E-state index is -0.516. The first kappa shape index (κ1) is 22.4. The van der Waals surface area contributed by atoms with E-state index >= 15 is 0 Å². The molecule has 34 heavy (non-hydrogen) atoms. The average molecular weight is 480 g/mol. The van der Waals surface area contributed by atoms with E-state index in [1.807, 2.05) is 31.2 Å². The molecule has 0 atom stereocenters. The number of fused-ring (bicyclic) bond motifs is 2. The van der Waals surface area contributed by atoms with Gasteiger partial charge in [-0.1, -0.05) is 35.9 Å². The minimum Gasteiger partial charge on any atom is -0.496 e. The first-order valence-corrected chi connectivity index (χ1v) is 11.4. The average Bonchev–Trinajstić information content (AvgIpc) is 3.15. The lowest BCUT2D eigenvalue weighted by molar-refractivity contribution is 0.0952. The van der Waals surface area contributed by atoms with Crippen LogP contribution in [0.4, 0.5) is 4.39 Å². The minimum absolute atomic E-state index is 0.0421. The Hall–Kier alpha value is -3.35. The lowest BCUT2D eigenvalue weighted by Crippen LogP contribution is -2.34. The number of ether oxygens (including phenoxy) is 3. The van der Waals surface area contributed by atoms with Gasteiger partial charge < -0.3 is 14.2 Å². The van der Waals surface area contributed by atoms with E-state index in [0.717, 1.165) is 41.2 Å². The van der Waals surface area contributed by atoms with Crippen LogP contribution in [0, 0.1) is 12.7 Å². The van der Waals surface area contributed by atoms with Crippen LogP contribution in [0.1, 0.15) is 32.6 Å². The van der Waals surface area contributed by atoms with Crippen LogP contribution < -0.4 is 14.2 Å². The zero-order valence-corrected chi connectivity index (χ0v) is 19.6. The lowest BCUT2D eigenvalue weighted by Gasteiger charge is -2.30. The first-order chi connectivity index (χ1) is 16.5. The van der Waals surface area contributed by atoms with Gasteiger partial charge >= 0.3 is 0 Å². The predicted octanol–water partition coefficient (Wildman–Crippen LogP) is 5.81. The second-order valence-corrected chi connectivity index (χ2v) is 8.74. The first-order valence-electron chi connectivity index (χ1n) is 11.0. The Kier molecular flexibility index (Phi) is 6.02. The second-order valence-electron chi connectivity index (χ2n) is 8.33. The Morgan fingerprint density at radius 1 is 1.18 bits per heavy atom. The van der Waals surface area contributed by atoms with Gasteiger partial charge in [-0.25, -0.2) is 4.39 Å². The van der Waals surface area contributed by atoms with Crippen molar-refractivity contribution in [2.45, 2.75) is 19.9 Å². The summed E-state index contributed by atoms with van der Waals surface area (Å²) in [6.07, 6.45) is 2.17. The third-order valence-electron chi connectivity index (χ3n) is 6.17. The van der Waals surface area contributed by atoms with Gasteiger partial charge in [0.15, 0.2) is 5.76 Å². The normalized spacial score (nSPS) is 16.1. The van der Waals surface area contributed by atoms with E-state index in [2.05, 4.69) is 11.0 Å². The summed E-state index contributed by atoms with van der Waals surface area (Å²) in [5.74, 6) is 1.27. The molecule has 0 saturated heterocycles. The van der Waals surface area contributed by atoms with Crippen molar-refractivity contribution in [1.29, 1.82) is 0 Å². The molecule has 0 N–H and O–H groups in total. The van der Waals surface area contributed by atoms with Crippen molar-refractivity contribution in [3.8, 4) is 17.2 Å². The van der Waals surface area contributed by atoms with E-state index in [1.54, 1.807) is 13.2 Å². The van der Waals surface area contributed by atoms with Crippen molar-refractivity contribution >= 4 is 23.5 Å². The Morgan fingerprint density at radius 2 is 2.00 bits per heavy atom. The molecule has 0 aromatic heterocycles. The summed E-state index contributed by atoms with van der Waals surface area (Å²) < 4.78 is 31.6. The van der Waals surface area contributed by atoms with Gasteiger partial charge in [0.05, 0.1) is 17.7 Å². The Labute approximate surface area is 202 Å². The van der Waals surface area contributed by atoms with Gasteiger partial charge in [-0.15, -0.1) is 0 Å². The van der Waals surface area contributed by atoms with Crippen LogP contribution in [0.5, 0.6) is 17.2 Å². The molecule has 3 aromatic rings. The summed E-state index contributed by atoms with van der Waals surface area (Å²) in [6, 6.07) is 14.2. The fourth-order valence-corrected chi connectivity index (χ4v) is 4.63. The van der Waals surface area contributed by atoms with Crippen LogP contribution >= 0.6 is 11.6 Å². The highest BCUT2D eigenvalue weighted by Gasteiger charge is 2.34. The number of hydrogen-bond donors (Lipinski definition) is 0. The molecular formula is C27H23ClFNO4. The molecule has 7 heteroatoms. The van der Waals surface area contributed by atoms with Crippen LogP contribution in [-0.2, 0) is 13.0 Å². The fraction of sp³-hybridized carbons (Fsp3) is 0.222. The topological polar surface area (TPSA) is 48.0 Å². The van der Waals surface area contributed by atoms with Crippen LogP contribution in [0.25, 0.3) is 6.08 Å². The molecule has 5 rings (SSSR count). The third-order valence-corrected chi connectivity index (χ3v) is 6.50. The molecule has 0 radical (unpaired) electrons. The number of Topliss-reactive ketones (excluding diaryl/α,β-unsaturated/α-hetero) is 1. The quantitative estimate of drug-likeness (QED) is 0.432. The zero-order chi connectivity index (χ0) is 23.8. The monoisotopic (exact) mass is 479 g/mol. The summed E-state index contributed by atoms with van der Waals surface area (Å²) in [5.41, 5.74) is 3.38. The van der Waals surface area contributed by atoms with Crippen molar-refractivity contribution in [2.24, 2.45) is 0 Å². The summed E-state index contributed by atoms with van der Waals surface area (Å²) in [4.78, 5) is 15.3. The smallest absolute Gasteiger partial charge is 0.231 e. The standard InChI is InChI=1S/C27H23ClFNO4/c1-16-26-18(14-30(15-33-26)11-10-17-6-3-4-9-23(17)32-2)12-20-25(31)24(34-27(16)20)13-19-21(28)7-5-8-22(19)29/h3-9,12-13H,10-11,14-15H2,1-2H3/b24-13-. The number of nitrogens with zero attached hydrogens (tertiary/aromatic N) is 1. The highest BCUT2D eigenvalue weighted by atomic mass is 35.5. The maximum atomic E-state index is 14.2. The summed E-state index contributed by atoms with van der Waals surface area (Å²) in [6.45, 7) is 3.72. The number of allylic oxidation sites excluding steroid dienone is 1. The van der Waals surface area contributed by atoms with Gasteiger partial charge in [-0.2, -0.15) is 0 Å². The number of carbonyl (C=O) groups excluding carboxylic acids is 1. The molecule has 174 valence electrons. The summed E-state index contributed by atoms with van der Waals surface area (Å²) in [5, 5.41) is 0.213. The Bertz CT molecular complexity index is 1300. The number of rotatable bonds is 5. The van der Waals surface area contributed by atoms with Crippen LogP contribution in [0.15, 0.2) is 54.3 Å². The van der Waals surface area contributed by atoms with Gasteiger partial charge in [-0.3, -0.25) is 9.69 Å². The number of ketones is 1. The van der Waals surface area contributed by atoms with E-state index in [0.29, 0.717) is 24.6 Å². The van der Waals surface area contributed by atoms with Crippen molar-refractivity contribution in [3.63, 3.8) is 0 Å². The van der Waals surface area contributed by atoms with Crippen LogP contribution in [0.2, 0.25) is 5.02 Å². The molecule has 2 aliphatic heterocycles. The molecule has 0 unspecified atom stereocenters. The van der Waals surface area contributed by atoms with E-state index in [1.165, 1.54) is 18.2 Å². The van der Waals surface area contributed by atoms with Gasteiger partial charge in [0.25, 0.3) is 0 Å². The van der Waals surface area contributed by atoms with Crippen LogP contribution in [-0.4, -0.2) is 31.1 Å². The Morgan fingerprint density at radius 3 is 2.79 bits per heavy atom. The number of para-hydroxylation sites is 1. The predicted molar refractivity (Wildman–Crippen MR) is 128 cm³/mol. The van der Waals surface area contributed by atoms with Crippen molar-refractivity contribution in [3.05, 3.63) is 92.9 Å². The number of benzene rings is 3. The van der Waals surface area contributed by atoms with E-state index in [9.17, 15) is 9.18 Å². The molecule has 0 spiro atoms. The molecule has 0 saturated carbocycles. The molecule has 0 bridgehead atoms. The van der Waals surface area contributed by atoms with Gasteiger partial charge in [0.1, 0.15) is 29.8 Å². The molecule has 5 nitrogen and oxygen atoms in total. The number of methoxy groups -OCH3 is 1. The fourth-order valence-electron chi connectivity index (χ4n) is 4.41. The van der Waals surface area contributed by atoms with Crippen molar-refractivity contribution < 1.29 is 23.4 Å². The van der Waals surface area contributed by atoms with Crippen molar-refractivity contribution in [2.75, 3.05) is 20.4 Å². The lowest BCUT2D eigenvalue weighted by atomic mass is 9.99. The zero-order valence-electron chi connectivity index (χ0n) is 18.9. The highest BCUT2D eigenvalue weighted by molar-refractivity contribution is 6.32. The van der Waals surface area contributed by atoms with Crippen LogP contribution in [0.3, 0.4) is 0 Å². The molecule has 0 aliphatic carbocycles. The Balaban J connectivity index is 1.38. The molecule has 2 aliphatic rings. The summed E-state index contributed by atoms with van der Waals surface area (Å²) >= 11 is 6.13. The molecule has 3 aromatic carbocycles. The SMILES string of the molecule is COc1ccccc1CCN1COc2c(cc3c(c2C)O/C(=C\c2c(F)cccc2Cl)C3=O)C1. The maximum Gasteiger partial charge on any atom is 0.231 e.